The molecule has 0 saturated heterocycles. The Morgan fingerprint density at radius 3 is 1.97 bits per heavy atom. The Morgan fingerprint density at radius 2 is 1.26 bits per heavy atom. The van der Waals surface area contributed by atoms with Gasteiger partial charge < -0.3 is 4.90 Å². The standard InChI is InChI=1S/C34H29N/c1-5-9-26-24(4)23(3)16-20-32(26)35(25-17-14-22(2)15-18-25)33-21-19-30-28-11-7-6-10-27(28)29-12-8-13-31(33)34(29)30/h5-21H,1-4H3. The number of fused-ring (bicyclic) bond motifs is 3. The van der Waals surface area contributed by atoms with E-state index in [2.05, 4.69) is 136 Å². The Kier molecular flexibility index (Phi) is 5.07. The van der Waals surface area contributed by atoms with Gasteiger partial charge in [-0.3, -0.25) is 0 Å². The van der Waals surface area contributed by atoms with E-state index in [1.54, 1.807) is 0 Å². The van der Waals surface area contributed by atoms with Gasteiger partial charge >= 0.3 is 0 Å². The normalized spacial score (nSPS) is 11.9. The molecule has 0 heterocycles. The quantitative estimate of drug-likeness (QED) is 0.258. The van der Waals surface area contributed by atoms with Crippen molar-refractivity contribution in [2.75, 3.05) is 4.90 Å². The van der Waals surface area contributed by atoms with Crippen LogP contribution in [0.25, 0.3) is 39.1 Å². The molecule has 0 spiro atoms. The number of rotatable bonds is 4. The minimum atomic E-state index is 1.17. The molecule has 1 nitrogen and oxygen atoms in total. The van der Waals surface area contributed by atoms with E-state index in [0.29, 0.717) is 0 Å². The highest BCUT2D eigenvalue weighted by Crippen LogP contribution is 2.51. The van der Waals surface area contributed by atoms with Gasteiger partial charge in [0, 0.05) is 16.6 Å². The first-order chi connectivity index (χ1) is 17.1. The summed E-state index contributed by atoms with van der Waals surface area (Å²) in [5, 5.41) is 2.63. The number of hydrogen-bond donors (Lipinski definition) is 0. The number of allylic oxidation sites excluding steroid dienone is 1. The van der Waals surface area contributed by atoms with Crippen molar-refractivity contribution >= 4 is 33.9 Å². The molecule has 6 rings (SSSR count). The highest BCUT2D eigenvalue weighted by molar-refractivity contribution is 6.19. The molecule has 1 aliphatic carbocycles. The Balaban J connectivity index is 1.68. The molecule has 5 aromatic rings. The van der Waals surface area contributed by atoms with Gasteiger partial charge in [-0.1, -0.05) is 84.4 Å². The second-order valence-electron chi connectivity index (χ2n) is 9.52. The van der Waals surface area contributed by atoms with E-state index in [-0.39, 0.29) is 0 Å². The van der Waals surface area contributed by atoms with Crippen molar-refractivity contribution in [1.82, 2.24) is 0 Å². The summed E-state index contributed by atoms with van der Waals surface area (Å²) in [4.78, 5) is 2.44. The maximum absolute atomic E-state index is 2.44. The molecule has 1 aliphatic rings. The minimum Gasteiger partial charge on any atom is -0.309 e. The van der Waals surface area contributed by atoms with Crippen LogP contribution in [0.3, 0.4) is 0 Å². The summed E-state index contributed by atoms with van der Waals surface area (Å²) in [6.07, 6.45) is 4.39. The van der Waals surface area contributed by atoms with E-state index >= 15 is 0 Å². The van der Waals surface area contributed by atoms with Crippen LogP contribution in [-0.4, -0.2) is 0 Å². The third-order valence-corrected chi connectivity index (χ3v) is 7.40. The average molecular weight is 452 g/mol. The monoisotopic (exact) mass is 451 g/mol. The van der Waals surface area contributed by atoms with Gasteiger partial charge in [-0.25, -0.2) is 0 Å². The van der Waals surface area contributed by atoms with Crippen molar-refractivity contribution in [3.05, 3.63) is 119 Å². The van der Waals surface area contributed by atoms with Gasteiger partial charge in [0.05, 0.1) is 11.4 Å². The Hall–Kier alpha value is -4.10. The fourth-order valence-corrected chi connectivity index (χ4v) is 5.49. The van der Waals surface area contributed by atoms with Crippen molar-refractivity contribution in [1.29, 1.82) is 0 Å². The summed E-state index contributed by atoms with van der Waals surface area (Å²) in [7, 11) is 0. The summed E-state index contributed by atoms with van der Waals surface area (Å²) < 4.78 is 0. The molecule has 0 aromatic heterocycles. The average Bonchev–Trinajstić information content (AvgIpc) is 3.21. The number of anilines is 3. The van der Waals surface area contributed by atoms with Crippen LogP contribution in [0.2, 0.25) is 0 Å². The summed E-state index contributed by atoms with van der Waals surface area (Å²) >= 11 is 0. The van der Waals surface area contributed by atoms with E-state index in [1.165, 1.54) is 72.3 Å². The zero-order chi connectivity index (χ0) is 24.1. The predicted octanol–water partition coefficient (Wildman–Crippen LogP) is 9.92. The second kappa shape index (κ2) is 8.29. The van der Waals surface area contributed by atoms with Gasteiger partial charge in [0.25, 0.3) is 0 Å². The molecule has 0 atom stereocenters. The van der Waals surface area contributed by atoms with Crippen LogP contribution in [0, 0.1) is 20.8 Å². The van der Waals surface area contributed by atoms with Crippen LogP contribution in [0.15, 0.2) is 97.1 Å². The van der Waals surface area contributed by atoms with Crippen molar-refractivity contribution in [2.45, 2.75) is 27.7 Å². The minimum absolute atomic E-state index is 1.17. The van der Waals surface area contributed by atoms with Gasteiger partial charge in [0.1, 0.15) is 0 Å². The molecule has 0 amide bonds. The highest BCUT2D eigenvalue weighted by atomic mass is 15.1. The zero-order valence-electron chi connectivity index (χ0n) is 20.8. The van der Waals surface area contributed by atoms with Crippen LogP contribution in [0.4, 0.5) is 17.1 Å². The molecule has 170 valence electrons. The van der Waals surface area contributed by atoms with Crippen LogP contribution < -0.4 is 4.90 Å². The maximum atomic E-state index is 2.44. The van der Waals surface area contributed by atoms with E-state index in [1.807, 2.05) is 0 Å². The first-order valence-corrected chi connectivity index (χ1v) is 12.3. The first kappa shape index (κ1) is 21.4. The topological polar surface area (TPSA) is 3.24 Å². The number of nitrogens with zero attached hydrogens (tertiary/aromatic N) is 1. The SMILES string of the molecule is CC=Cc1c(N(c2ccc(C)cc2)c2ccc3c4c(cccc24)-c2ccccc2-3)ccc(C)c1C. The predicted molar refractivity (Wildman–Crippen MR) is 152 cm³/mol. The lowest BCUT2D eigenvalue weighted by Gasteiger charge is -2.30. The molecule has 0 bridgehead atoms. The van der Waals surface area contributed by atoms with E-state index in [9.17, 15) is 0 Å². The number of benzene rings is 5. The van der Waals surface area contributed by atoms with Gasteiger partial charge in [-0.15, -0.1) is 0 Å². The fourth-order valence-electron chi connectivity index (χ4n) is 5.49. The largest absolute Gasteiger partial charge is 0.309 e. The van der Waals surface area contributed by atoms with Crippen LogP contribution in [0.1, 0.15) is 29.2 Å². The van der Waals surface area contributed by atoms with Crippen molar-refractivity contribution in [2.24, 2.45) is 0 Å². The molecule has 1 heteroatoms. The summed E-state index contributed by atoms with van der Waals surface area (Å²) in [5.74, 6) is 0. The van der Waals surface area contributed by atoms with Crippen LogP contribution >= 0.6 is 0 Å². The zero-order valence-corrected chi connectivity index (χ0v) is 20.8. The molecule has 5 aromatic carbocycles. The third-order valence-electron chi connectivity index (χ3n) is 7.40. The van der Waals surface area contributed by atoms with Gasteiger partial charge in [-0.2, -0.15) is 0 Å². The highest BCUT2D eigenvalue weighted by Gasteiger charge is 2.25. The molecule has 0 radical (unpaired) electrons. The Labute approximate surface area is 208 Å². The Morgan fingerprint density at radius 1 is 0.600 bits per heavy atom. The second-order valence-corrected chi connectivity index (χ2v) is 9.52. The first-order valence-electron chi connectivity index (χ1n) is 12.3. The molecule has 35 heavy (non-hydrogen) atoms. The van der Waals surface area contributed by atoms with Gasteiger partial charge in [-0.05, 0) is 90.7 Å². The van der Waals surface area contributed by atoms with Crippen LogP contribution in [0.5, 0.6) is 0 Å². The third kappa shape index (κ3) is 3.31. The van der Waals surface area contributed by atoms with Crippen molar-refractivity contribution in [3.8, 4) is 22.3 Å². The van der Waals surface area contributed by atoms with E-state index in [4.69, 9.17) is 0 Å². The molecular weight excluding hydrogens is 422 g/mol. The molecular formula is C34H29N. The van der Waals surface area contributed by atoms with Crippen LogP contribution in [-0.2, 0) is 0 Å². The fraction of sp³-hybridized carbons (Fsp3) is 0.118. The lowest BCUT2D eigenvalue weighted by molar-refractivity contribution is 1.24. The molecule has 0 saturated carbocycles. The number of hydrogen-bond acceptors (Lipinski definition) is 1. The summed E-state index contributed by atoms with van der Waals surface area (Å²) in [6, 6.07) is 33.5. The van der Waals surface area contributed by atoms with Gasteiger partial charge in [0.15, 0.2) is 0 Å². The number of aryl methyl sites for hydroxylation is 2. The van der Waals surface area contributed by atoms with E-state index in [0.717, 1.165) is 0 Å². The summed E-state index contributed by atoms with van der Waals surface area (Å²) in [5.41, 5.74) is 14.0. The molecule has 0 unspecified atom stereocenters. The van der Waals surface area contributed by atoms with Crippen molar-refractivity contribution in [3.63, 3.8) is 0 Å². The lowest BCUT2D eigenvalue weighted by atomic mass is 9.97. The van der Waals surface area contributed by atoms with Gasteiger partial charge in [0.2, 0.25) is 0 Å². The smallest absolute Gasteiger partial charge is 0.0540 e. The molecule has 0 aliphatic heterocycles. The Bertz CT molecular complexity index is 1590. The summed E-state index contributed by atoms with van der Waals surface area (Å²) in [6.45, 7) is 8.66. The molecule has 0 N–H and O–H groups in total. The maximum Gasteiger partial charge on any atom is 0.0540 e. The lowest BCUT2D eigenvalue weighted by Crippen LogP contribution is -2.13. The van der Waals surface area contributed by atoms with Crippen molar-refractivity contribution < 1.29 is 0 Å². The molecule has 0 fully saturated rings. The van der Waals surface area contributed by atoms with E-state index < -0.39 is 0 Å².